The van der Waals surface area contributed by atoms with Crippen LogP contribution in [0.1, 0.15) is 35.4 Å². The number of amidine groups is 1. The van der Waals surface area contributed by atoms with E-state index in [1.165, 1.54) is 5.56 Å². The molecule has 0 radical (unpaired) electrons. The van der Waals surface area contributed by atoms with E-state index >= 15 is 0 Å². The standard InChI is InChI=1S/C23H24FN3O/c24-20-13-16(5-8-19(20)17-6-7-17)14-23(28)27-11-9-26(10-12-27)22-15-18-3-1-2-4-21(18)25-22/h1-5,8,13,17H,6-7,9-12,14-15H2. The van der Waals surface area contributed by atoms with Crippen LogP contribution in [-0.4, -0.2) is 47.7 Å². The van der Waals surface area contributed by atoms with Crippen molar-refractivity contribution >= 4 is 17.4 Å². The minimum absolute atomic E-state index is 0.0786. The van der Waals surface area contributed by atoms with Gasteiger partial charge in [0.2, 0.25) is 5.91 Å². The van der Waals surface area contributed by atoms with Crippen LogP contribution >= 0.6 is 0 Å². The molecule has 28 heavy (non-hydrogen) atoms. The molecule has 0 spiro atoms. The van der Waals surface area contributed by atoms with Crippen LogP contribution < -0.4 is 0 Å². The van der Waals surface area contributed by atoms with E-state index in [1.807, 2.05) is 29.2 Å². The molecule has 2 aromatic rings. The predicted octanol–water partition coefficient (Wildman–Crippen LogP) is 3.68. The molecule has 0 unspecified atom stereocenters. The molecule has 2 heterocycles. The van der Waals surface area contributed by atoms with Gasteiger partial charge in [-0.2, -0.15) is 0 Å². The van der Waals surface area contributed by atoms with Gasteiger partial charge in [-0.3, -0.25) is 4.79 Å². The maximum atomic E-state index is 14.2. The second-order valence-electron chi connectivity index (χ2n) is 8.01. The Morgan fingerprint density at radius 3 is 2.57 bits per heavy atom. The SMILES string of the molecule is O=C(Cc1ccc(C2CC2)c(F)c1)N1CCN(C2=Nc3ccccc3C2)CC1. The molecule has 5 heteroatoms. The van der Waals surface area contributed by atoms with E-state index in [-0.39, 0.29) is 18.1 Å². The summed E-state index contributed by atoms with van der Waals surface area (Å²) in [5.74, 6) is 1.42. The molecule has 5 rings (SSSR count). The average molecular weight is 377 g/mol. The lowest BCUT2D eigenvalue weighted by Gasteiger charge is -2.36. The third kappa shape index (κ3) is 3.41. The highest BCUT2D eigenvalue weighted by Crippen LogP contribution is 2.41. The molecule has 4 nitrogen and oxygen atoms in total. The van der Waals surface area contributed by atoms with E-state index in [9.17, 15) is 9.18 Å². The van der Waals surface area contributed by atoms with Crippen molar-refractivity contribution in [3.63, 3.8) is 0 Å². The largest absolute Gasteiger partial charge is 0.356 e. The summed E-state index contributed by atoms with van der Waals surface area (Å²) in [6.07, 6.45) is 3.30. The lowest BCUT2D eigenvalue weighted by atomic mass is 10.0. The molecule has 2 fully saturated rings. The van der Waals surface area contributed by atoms with Crippen molar-refractivity contribution in [3.8, 4) is 0 Å². The monoisotopic (exact) mass is 377 g/mol. The maximum Gasteiger partial charge on any atom is 0.227 e. The van der Waals surface area contributed by atoms with Crippen LogP contribution in [-0.2, 0) is 17.6 Å². The summed E-state index contributed by atoms with van der Waals surface area (Å²) < 4.78 is 14.2. The Balaban J connectivity index is 1.17. The molecule has 1 aliphatic carbocycles. The molecule has 1 saturated heterocycles. The van der Waals surface area contributed by atoms with E-state index in [0.29, 0.717) is 19.0 Å². The molecular formula is C23H24FN3O. The smallest absolute Gasteiger partial charge is 0.227 e. The number of hydrogen-bond acceptors (Lipinski definition) is 3. The van der Waals surface area contributed by atoms with Gasteiger partial charge >= 0.3 is 0 Å². The second-order valence-corrected chi connectivity index (χ2v) is 8.01. The Bertz CT molecular complexity index is 943. The van der Waals surface area contributed by atoms with Gasteiger partial charge in [0.1, 0.15) is 11.7 Å². The van der Waals surface area contributed by atoms with Crippen LogP contribution in [0.15, 0.2) is 47.5 Å². The first-order valence-electron chi connectivity index (χ1n) is 10.1. The molecule has 2 aliphatic heterocycles. The van der Waals surface area contributed by atoms with Crippen LogP contribution in [0.3, 0.4) is 0 Å². The highest BCUT2D eigenvalue weighted by Gasteiger charge is 2.28. The highest BCUT2D eigenvalue weighted by molar-refractivity contribution is 5.92. The van der Waals surface area contributed by atoms with Crippen molar-refractivity contribution in [2.75, 3.05) is 26.2 Å². The normalized spacial score (nSPS) is 18.8. The van der Waals surface area contributed by atoms with Gasteiger partial charge in [0.05, 0.1) is 12.1 Å². The number of amides is 1. The number of nitrogens with zero attached hydrogens (tertiary/aromatic N) is 3. The quantitative estimate of drug-likeness (QED) is 0.818. The van der Waals surface area contributed by atoms with Crippen molar-refractivity contribution < 1.29 is 9.18 Å². The average Bonchev–Trinajstić information content (AvgIpc) is 3.45. The van der Waals surface area contributed by atoms with Crippen LogP contribution in [0.2, 0.25) is 0 Å². The van der Waals surface area contributed by atoms with Crippen molar-refractivity contribution in [2.45, 2.75) is 31.6 Å². The summed E-state index contributed by atoms with van der Waals surface area (Å²) in [7, 11) is 0. The fraction of sp³-hybridized carbons (Fsp3) is 0.391. The minimum Gasteiger partial charge on any atom is -0.356 e. The molecule has 1 saturated carbocycles. The number of benzene rings is 2. The van der Waals surface area contributed by atoms with E-state index in [0.717, 1.165) is 55.0 Å². The number of carbonyl (C=O) groups is 1. The highest BCUT2D eigenvalue weighted by atomic mass is 19.1. The Morgan fingerprint density at radius 1 is 1.07 bits per heavy atom. The zero-order chi connectivity index (χ0) is 19.1. The van der Waals surface area contributed by atoms with E-state index in [4.69, 9.17) is 4.99 Å². The van der Waals surface area contributed by atoms with Gasteiger partial charge in [0.15, 0.2) is 0 Å². The summed E-state index contributed by atoms with van der Waals surface area (Å²) in [5.41, 5.74) is 3.91. The van der Waals surface area contributed by atoms with Crippen molar-refractivity contribution in [1.29, 1.82) is 0 Å². The number of hydrogen-bond donors (Lipinski definition) is 0. The first-order chi connectivity index (χ1) is 13.7. The number of aliphatic imine (C=N–C) groups is 1. The molecule has 0 bridgehead atoms. The molecule has 2 aromatic carbocycles. The van der Waals surface area contributed by atoms with Gasteiger partial charge < -0.3 is 9.80 Å². The number of rotatable bonds is 3. The number of fused-ring (bicyclic) bond motifs is 1. The summed E-state index contributed by atoms with van der Waals surface area (Å²) in [6.45, 7) is 2.98. The lowest BCUT2D eigenvalue weighted by molar-refractivity contribution is -0.131. The summed E-state index contributed by atoms with van der Waals surface area (Å²) in [4.78, 5) is 21.6. The number of carbonyl (C=O) groups excluding carboxylic acids is 1. The maximum absolute atomic E-state index is 14.2. The number of para-hydroxylation sites is 1. The first kappa shape index (κ1) is 17.4. The first-order valence-corrected chi connectivity index (χ1v) is 10.1. The van der Waals surface area contributed by atoms with E-state index in [2.05, 4.69) is 17.0 Å². The van der Waals surface area contributed by atoms with Crippen LogP contribution in [0, 0.1) is 5.82 Å². The Kier molecular flexibility index (Phi) is 4.38. The topological polar surface area (TPSA) is 35.9 Å². The zero-order valence-electron chi connectivity index (χ0n) is 15.9. The van der Waals surface area contributed by atoms with Crippen LogP contribution in [0.5, 0.6) is 0 Å². The van der Waals surface area contributed by atoms with Crippen molar-refractivity contribution in [3.05, 3.63) is 65.0 Å². The van der Waals surface area contributed by atoms with Crippen LogP contribution in [0.25, 0.3) is 0 Å². The Morgan fingerprint density at radius 2 is 1.86 bits per heavy atom. The molecule has 0 aromatic heterocycles. The van der Waals surface area contributed by atoms with Gasteiger partial charge in [0.25, 0.3) is 0 Å². The molecular weight excluding hydrogens is 353 g/mol. The Labute approximate surface area is 164 Å². The minimum atomic E-state index is -0.156. The third-order valence-corrected chi connectivity index (χ3v) is 6.02. The predicted molar refractivity (Wildman–Crippen MR) is 107 cm³/mol. The zero-order valence-corrected chi connectivity index (χ0v) is 15.9. The van der Waals surface area contributed by atoms with Gasteiger partial charge in [-0.05, 0) is 47.6 Å². The Hall–Kier alpha value is -2.69. The molecule has 1 amide bonds. The lowest BCUT2D eigenvalue weighted by Crippen LogP contribution is -2.51. The third-order valence-electron chi connectivity index (χ3n) is 6.02. The summed E-state index contributed by atoms with van der Waals surface area (Å²) >= 11 is 0. The summed E-state index contributed by atoms with van der Waals surface area (Å²) in [6, 6.07) is 13.6. The van der Waals surface area contributed by atoms with E-state index in [1.54, 1.807) is 6.07 Å². The van der Waals surface area contributed by atoms with Crippen molar-refractivity contribution in [2.24, 2.45) is 4.99 Å². The molecule has 3 aliphatic rings. The van der Waals surface area contributed by atoms with Crippen LogP contribution in [0.4, 0.5) is 10.1 Å². The fourth-order valence-corrected chi connectivity index (χ4v) is 4.21. The molecule has 144 valence electrons. The summed E-state index contributed by atoms with van der Waals surface area (Å²) in [5, 5.41) is 0. The second kappa shape index (κ2) is 7.04. The molecule has 0 atom stereocenters. The molecule has 0 N–H and O–H groups in total. The number of piperazine rings is 1. The van der Waals surface area contributed by atoms with Crippen molar-refractivity contribution in [1.82, 2.24) is 9.80 Å². The van der Waals surface area contributed by atoms with Gasteiger partial charge in [-0.1, -0.05) is 30.3 Å². The van der Waals surface area contributed by atoms with E-state index < -0.39 is 0 Å². The fourth-order valence-electron chi connectivity index (χ4n) is 4.21. The van der Waals surface area contributed by atoms with Gasteiger partial charge in [-0.25, -0.2) is 9.38 Å². The number of halogens is 1. The van der Waals surface area contributed by atoms with Gasteiger partial charge in [-0.15, -0.1) is 0 Å². The van der Waals surface area contributed by atoms with Gasteiger partial charge in [0, 0.05) is 32.6 Å².